The Hall–Kier alpha value is -2.94. The molecule has 1 aromatic carbocycles. The molecule has 100 valence electrons. The molecule has 0 aliphatic rings. The number of anilines is 1. The van der Waals surface area contributed by atoms with E-state index >= 15 is 0 Å². The molecule has 0 unspecified atom stereocenters. The molecule has 1 aromatic heterocycles. The quantitative estimate of drug-likeness (QED) is 0.856. The van der Waals surface area contributed by atoms with Gasteiger partial charge in [-0.05, 0) is 30.2 Å². The number of aromatic carboxylic acids is 1. The predicted octanol–water partition coefficient (Wildman–Crippen LogP) is 1.70. The van der Waals surface area contributed by atoms with E-state index in [0.29, 0.717) is 24.3 Å². The van der Waals surface area contributed by atoms with Crippen LogP contribution in [0, 0.1) is 11.3 Å². The number of aromatic nitrogens is 2. The average molecular weight is 268 g/mol. The first kappa shape index (κ1) is 13.5. The molecule has 0 amide bonds. The zero-order valence-corrected chi connectivity index (χ0v) is 10.6. The van der Waals surface area contributed by atoms with Crippen LogP contribution in [0.2, 0.25) is 0 Å². The van der Waals surface area contributed by atoms with Gasteiger partial charge in [0.2, 0.25) is 0 Å². The highest BCUT2D eigenvalue weighted by Crippen LogP contribution is 2.09. The number of nitrogens with one attached hydrogen (secondary N) is 1. The van der Waals surface area contributed by atoms with Crippen molar-refractivity contribution in [2.45, 2.75) is 6.42 Å². The van der Waals surface area contributed by atoms with Crippen molar-refractivity contribution < 1.29 is 9.90 Å². The summed E-state index contributed by atoms with van der Waals surface area (Å²) >= 11 is 0. The van der Waals surface area contributed by atoms with Crippen molar-refractivity contribution in [1.82, 2.24) is 10.2 Å². The Morgan fingerprint density at radius 3 is 2.70 bits per heavy atom. The van der Waals surface area contributed by atoms with E-state index in [1.54, 1.807) is 30.3 Å². The van der Waals surface area contributed by atoms with Crippen molar-refractivity contribution >= 4 is 11.8 Å². The second-order valence-corrected chi connectivity index (χ2v) is 4.08. The molecule has 2 N–H and O–H groups in total. The van der Waals surface area contributed by atoms with Crippen molar-refractivity contribution in [2.75, 3.05) is 11.9 Å². The van der Waals surface area contributed by atoms with Crippen LogP contribution in [0.15, 0.2) is 36.5 Å². The van der Waals surface area contributed by atoms with Gasteiger partial charge in [0.25, 0.3) is 0 Å². The molecule has 6 heteroatoms. The summed E-state index contributed by atoms with van der Waals surface area (Å²) in [6.07, 6.45) is 2.16. The SMILES string of the molecule is N#Cc1ccnnc1NCCc1ccc(C(=O)O)cc1. The van der Waals surface area contributed by atoms with Gasteiger partial charge in [-0.15, -0.1) is 5.10 Å². The summed E-state index contributed by atoms with van der Waals surface area (Å²) in [5.41, 5.74) is 1.72. The van der Waals surface area contributed by atoms with E-state index in [1.807, 2.05) is 6.07 Å². The Kier molecular flexibility index (Phi) is 4.24. The third-order valence-electron chi connectivity index (χ3n) is 2.75. The summed E-state index contributed by atoms with van der Waals surface area (Å²) in [6, 6.07) is 10.3. The minimum Gasteiger partial charge on any atom is -0.478 e. The number of nitrogens with zero attached hydrogens (tertiary/aromatic N) is 3. The topological polar surface area (TPSA) is 98.9 Å². The number of hydrogen-bond acceptors (Lipinski definition) is 5. The highest BCUT2D eigenvalue weighted by molar-refractivity contribution is 5.87. The molecule has 0 saturated heterocycles. The predicted molar refractivity (Wildman–Crippen MR) is 72.3 cm³/mol. The largest absolute Gasteiger partial charge is 0.478 e. The molecular formula is C14H12N4O2. The van der Waals surface area contributed by atoms with Gasteiger partial charge in [-0.1, -0.05) is 12.1 Å². The Bertz CT molecular complexity index is 647. The maximum atomic E-state index is 10.7. The highest BCUT2D eigenvalue weighted by Gasteiger charge is 2.04. The molecule has 0 aliphatic heterocycles. The fourth-order valence-electron chi connectivity index (χ4n) is 1.69. The number of carbonyl (C=O) groups is 1. The number of carboxylic acids is 1. The van der Waals surface area contributed by atoms with E-state index in [1.165, 1.54) is 6.20 Å². The molecule has 0 aliphatic carbocycles. The summed E-state index contributed by atoms with van der Waals surface area (Å²) in [5.74, 6) is -0.481. The Labute approximate surface area is 115 Å². The van der Waals surface area contributed by atoms with E-state index in [9.17, 15) is 4.79 Å². The summed E-state index contributed by atoms with van der Waals surface area (Å²) in [4.78, 5) is 10.7. The molecule has 0 fully saturated rings. The normalized spacial score (nSPS) is 9.75. The van der Waals surface area contributed by atoms with Gasteiger partial charge in [-0.2, -0.15) is 10.4 Å². The first-order valence-electron chi connectivity index (χ1n) is 5.98. The Balaban J connectivity index is 1.93. The zero-order valence-electron chi connectivity index (χ0n) is 10.6. The standard InChI is InChI=1S/C14H12N4O2/c15-9-12-6-8-17-18-13(12)16-7-5-10-1-3-11(4-2-10)14(19)20/h1-4,6,8H,5,7H2,(H,16,18)(H,19,20). The molecule has 2 rings (SSSR count). The van der Waals surface area contributed by atoms with E-state index < -0.39 is 5.97 Å². The van der Waals surface area contributed by atoms with E-state index in [0.717, 1.165) is 5.56 Å². The van der Waals surface area contributed by atoms with Gasteiger partial charge in [-0.25, -0.2) is 4.79 Å². The molecular weight excluding hydrogens is 256 g/mol. The second-order valence-electron chi connectivity index (χ2n) is 4.08. The van der Waals surface area contributed by atoms with Gasteiger partial charge in [0, 0.05) is 6.54 Å². The second kappa shape index (κ2) is 6.29. The minimum absolute atomic E-state index is 0.266. The van der Waals surface area contributed by atoms with E-state index in [-0.39, 0.29) is 5.56 Å². The monoisotopic (exact) mass is 268 g/mol. The van der Waals surface area contributed by atoms with Crippen LogP contribution in [-0.4, -0.2) is 27.8 Å². The third-order valence-corrected chi connectivity index (χ3v) is 2.75. The fourth-order valence-corrected chi connectivity index (χ4v) is 1.69. The van der Waals surface area contributed by atoms with Crippen LogP contribution in [-0.2, 0) is 6.42 Å². The molecule has 2 aromatic rings. The number of benzene rings is 1. The smallest absolute Gasteiger partial charge is 0.335 e. The van der Waals surface area contributed by atoms with Crippen LogP contribution in [0.25, 0.3) is 0 Å². The highest BCUT2D eigenvalue weighted by atomic mass is 16.4. The van der Waals surface area contributed by atoms with Crippen LogP contribution in [0.5, 0.6) is 0 Å². The summed E-state index contributed by atoms with van der Waals surface area (Å²) < 4.78 is 0. The Morgan fingerprint density at radius 1 is 1.30 bits per heavy atom. The first-order chi connectivity index (χ1) is 9.70. The van der Waals surface area contributed by atoms with Crippen LogP contribution in [0.4, 0.5) is 5.82 Å². The first-order valence-corrected chi connectivity index (χ1v) is 5.98. The Morgan fingerprint density at radius 2 is 2.05 bits per heavy atom. The molecule has 0 saturated carbocycles. The number of carboxylic acid groups (broad SMARTS) is 1. The zero-order chi connectivity index (χ0) is 14.4. The molecule has 20 heavy (non-hydrogen) atoms. The number of nitriles is 1. The third kappa shape index (κ3) is 3.29. The van der Waals surface area contributed by atoms with Crippen molar-refractivity contribution in [1.29, 1.82) is 5.26 Å². The van der Waals surface area contributed by atoms with Gasteiger partial charge in [0.1, 0.15) is 6.07 Å². The number of rotatable bonds is 5. The van der Waals surface area contributed by atoms with Crippen LogP contribution in [0.3, 0.4) is 0 Å². The van der Waals surface area contributed by atoms with Gasteiger partial charge >= 0.3 is 5.97 Å². The lowest BCUT2D eigenvalue weighted by Crippen LogP contribution is -2.08. The lowest BCUT2D eigenvalue weighted by atomic mass is 10.1. The van der Waals surface area contributed by atoms with Crippen LogP contribution < -0.4 is 5.32 Å². The average Bonchev–Trinajstić information content (AvgIpc) is 2.48. The molecule has 1 heterocycles. The summed E-state index contributed by atoms with van der Waals surface area (Å²) in [6.45, 7) is 0.583. The fraction of sp³-hybridized carbons (Fsp3) is 0.143. The van der Waals surface area contributed by atoms with Gasteiger partial charge in [-0.3, -0.25) is 0 Å². The van der Waals surface area contributed by atoms with Crippen LogP contribution >= 0.6 is 0 Å². The van der Waals surface area contributed by atoms with Crippen molar-refractivity contribution in [3.8, 4) is 6.07 Å². The molecule has 0 bridgehead atoms. The molecule has 0 spiro atoms. The van der Waals surface area contributed by atoms with Gasteiger partial charge in [0.15, 0.2) is 5.82 Å². The maximum absolute atomic E-state index is 10.7. The van der Waals surface area contributed by atoms with Gasteiger partial charge in [0.05, 0.1) is 17.3 Å². The minimum atomic E-state index is -0.937. The molecule has 0 atom stereocenters. The van der Waals surface area contributed by atoms with Gasteiger partial charge < -0.3 is 10.4 Å². The summed E-state index contributed by atoms with van der Waals surface area (Å²) in [7, 11) is 0. The van der Waals surface area contributed by atoms with E-state index in [2.05, 4.69) is 15.5 Å². The molecule has 0 radical (unpaired) electrons. The number of hydrogen-bond donors (Lipinski definition) is 2. The lowest BCUT2D eigenvalue weighted by molar-refractivity contribution is 0.0697. The van der Waals surface area contributed by atoms with Crippen molar-refractivity contribution in [3.05, 3.63) is 53.2 Å². The van der Waals surface area contributed by atoms with Crippen LogP contribution in [0.1, 0.15) is 21.5 Å². The maximum Gasteiger partial charge on any atom is 0.335 e. The van der Waals surface area contributed by atoms with Crippen molar-refractivity contribution in [3.63, 3.8) is 0 Å². The lowest BCUT2D eigenvalue weighted by Gasteiger charge is -2.06. The van der Waals surface area contributed by atoms with Crippen molar-refractivity contribution in [2.24, 2.45) is 0 Å². The van der Waals surface area contributed by atoms with E-state index in [4.69, 9.17) is 10.4 Å². The summed E-state index contributed by atoms with van der Waals surface area (Å²) in [5, 5.41) is 28.3. The molecule has 6 nitrogen and oxygen atoms in total.